The molecule has 16 heavy (non-hydrogen) atoms. The molecule has 0 aromatic heterocycles. The number of aliphatic imine (C=N–C) groups is 1. The lowest BCUT2D eigenvalue weighted by molar-refractivity contribution is 0.563. The van der Waals surface area contributed by atoms with Crippen LogP contribution in [0.3, 0.4) is 0 Å². The van der Waals surface area contributed by atoms with Crippen LogP contribution in [0.1, 0.15) is 18.1 Å². The molecule has 2 rings (SSSR count). The SMILES string of the molecule is CCc1cc(C)ccc1N=C1SCCN1C. The molecule has 1 saturated heterocycles. The van der Waals surface area contributed by atoms with Gasteiger partial charge in [-0.1, -0.05) is 36.4 Å². The zero-order valence-electron chi connectivity index (χ0n) is 10.2. The summed E-state index contributed by atoms with van der Waals surface area (Å²) in [7, 11) is 2.11. The van der Waals surface area contributed by atoms with Crippen LogP contribution in [0.4, 0.5) is 5.69 Å². The number of rotatable bonds is 2. The van der Waals surface area contributed by atoms with Gasteiger partial charge >= 0.3 is 0 Å². The highest BCUT2D eigenvalue weighted by molar-refractivity contribution is 8.14. The summed E-state index contributed by atoms with van der Waals surface area (Å²) < 4.78 is 0. The molecule has 3 heteroatoms. The summed E-state index contributed by atoms with van der Waals surface area (Å²) in [4.78, 5) is 6.98. The topological polar surface area (TPSA) is 15.6 Å². The predicted octanol–water partition coefficient (Wildman–Crippen LogP) is 3.22. The molecule has 0 saturated carbocycles. The van der Waals surface area contributed by atoms with Gasteiger partial charge in [-0.05, 0) is 25.0 Å². The van der Waals surface area contributed by atoms with Crippen molar-refractivity contribution in [2.45, 2.75) is 20.3 Å². The Morgan fingerprint density at radius 1 is 1.44 bits per heavy atom. The minimum absolute atomic E-state index is 1.04. The van der Waals surface area contributed by atoms with Gasteiger partial charge in [0.05, 0.1) is 5.69 Å². The molecule has 0 radical (unpaired) electrons. The van der Waals surface area contributed by atoms with Crippen molar-refractivity contribution in [2.75, 3.05) is 19.3 Å². The molecule has 1 aliphatic rings. The van der Waals surface area contributed by atoms with Gasteiger partial charge in [-0.15, -0.1) is 0 Å². The average molecular weight is 234 g/mol. The Kier molecular flexibility index (Phi) is 3.54. The highest BCUT2D eigenvalue weighted by Crippen LogP contribution is 2.25. The highest BCUT2D eigenvalue weighted by Gasteiger charge is 2.15. The van der Waals surface area contributed by atoms with E-state index in [4.69, 9.17) is 4.99 Å². The van der Waals surface area contributed by atoms with Gasteiger partial charge in [0, 0.05) is 19.3 Å². The molecular weight excluding hydrogens is 216 g/mol. The van der Waals surface area contributed by atoms with Gasteiger partial charge in [-0.25, -0.2) is 4.99 Å². The third-order valence-corrected chi connectivity index (χ3v) is 3.86. The lowest BCUT2D eigenvalue weighted by Gasteiger charge is -2.11. The normalized spacial score (nSPS) is 18.4. The van der Waals surface area contributed by atoms with Crippen LogP contribution in [0, 0.1) is 6.92 Å². The molecule has 0 bridgehead atoms. The van der Waals surface area contributed by atoms with Gasteiger partial charge < -0.3 is 4.90 Å². The molecule has 0 unspecified atom stereocenters. The number of hydrogen-bond acceptors (Lipinski definition) is 2. The average Bonchev–Trinajstić information content (AvgIpc) is 2.67. The first-order chi connectivity index (χ1) is 7.70. The summed E-state index contributed by atoms with van der Waals surface area (Å²) in [6.07, 6.45) is 1.04. The van der Waals surface area contributed by atoms with Crippen molar-refractivity contribution in [3.05, 3.63) is 29.3 Å². The fourth-order valence-corrected chi connectivity index (χ4v) is 2.83. The van der Waals surface area contributed by atoms with Crippen molar-refractivity contribution in [2.24, 2.45) is 4.99 Å². The molecule has 0 N–H and O–H groups in total. The first kappa shape index (κ1) is 11.5. The van der Waals surface area contributed by atoms with E-state index in [9.17, 15) is 0 Å². The van der Waals surface area contributed by atoms with E-state index in [1.807, 2.05) is 11.8 Å². The van der Waals surface area contributed by atoms with Gasteiger partial charge in [0.1, 0.15) is 0 Å². The number of thioether (sulfide) groups is 1. The Labute approximate surface area is 102 Å². The van der Waals surface area contributed by atoms with E-state index in [1.165, 1.54) is 11.1 Å². The van der Waals surface area contributed by atoms with Crippen LogP contribution >= 0.6 is 11.8 Å². The largest absolute Gasteiger partial charge is 0.353 e. The summed E-state index contributed by atoms with van der Waals surface area (Å²) in [5, 5.41) is 1.15. The van der Waals surface area contributed by atoms with Crippen LogP contribution in [0.25, 0.3) is 0 Å². The van der Waals surface area contributed by atoms with E-state index in [0.29, 0.717) is 0 Å². The first-order valence-electron chi connectivity index (χ1n) is 5.73. The van der Waals surface area contributed by atoms with Crippen LogP contribution in [0.5, 0.6) is 0 Å². The standard InChI is InChI=1S/C13H18N2S/c1-4-11-9-10(2)5-6-12(11)14-13-15(3)7-8-16-13/h5-6,9H,4,7-8H2,1-3H3. The molecule has 0 spiro atoms. The molecule has 1 aromatic rings. The Balaban J connectivity index is 2.33. The molecule has 0 aliphatic carbocycles. The van der Waals surface area contributed by atoms with Crippen molar-refractivity contribution in [1.29, 1.82) is 0 Å². The Morgan fingerprint density at radius 3 is 2.88 bits per heavy atom. The van der Waals surface area contributed by atoms with E-state index in [2.05, 4.69) is 44.0 Å². The van der Waals surface area contributed by atoms with Crippen LogP contribution in [-0.4, -0.2) is 29.4 Å². The molecule has 1 fully saturated rings. The van der Waals surface area contributed by atoms with Gasteiger partial charge in [0.2, 0.25) is 0 Å². The fraction of sp³-hybridized carbons (Fsp3) is 0.462. The zero-order chi connectivity index (χ0) is 11.5. The maximum Gasteiger partial charge on any atom is 0.164 e. The third-order valence-electron chi connectivity index (χ3n) is 2.82. The number of amidine groups is 1. The van der Waals surface area contributed by atoms with E-state index < -0.39 is 0 Å². The van der Waals surface area contributed by atoms with Crippen LogP contribution in [0.15, 0.2) is 23.2 Å². The predicted molar refractivity (Wildman–Crippen MR) is 72.7 cm³/mol. The quantitative estimate of drug-likeness (QED) is 0.781. The number of aryl methyl sites for hydroxylation is 2. The van der Waals surface area contributed by atoms with Crippen molar-refractivity contribution in [3.63, 3.8) is 0 Å². The van der Waals surface area contributed by atoms with Crippen LogP contribution in [0.2, 0.25) is 0 Å². The third kappa shape index (κ3) is 2.40. The molecule has 1 aromatic carbocycles. The lowest BCUT2D eigenvalue weighted by Crippen LogP contribution is -2.17. The smallest absolute Gasteiger partial charge is 0.164 e. The van der Waals surface area contributed by atoms with E-state index in [0.717, 1.165) is 29.6 Å². The minimum Gasteiger partial charge on any atom is -0.353 e. The molecule has 1 heterocycles. The lowest BCUT2D eigenvalue weighted by atomic mass is 10.1. The molecular formula is C13H18N2S. The van der Waals surface area contributed by atoms with Gasteiger partial charge in [0.25, 0.3) is 0 Å². The van der Waals surface area contributed by atoms with Crippen LogP contribution in [-0.2, 0) is 6.42 Å². The van der Waals surface area contributed by atoms with Crippen molar-refractivity contribution >= 4 is 22.6 Å². The van der Waals surface area contributed by atoms with E-state index in [-0.39, 0.29) is 0 Å². The van der Waals surface area contributed by atoms with Crippen molar-refractivity contribution < 1.29 is 0 Å². The maximum atomic E-state index is 4.76. The molecule has 86 valence electrons. The Bertz CT molecular complexity index is 412. The molecule has 0 amide bonds. The maximum absolute atomic E-state index is 4.76. The Morgan fingerprint density at radius 2 is 2.25 bits per heavy atom. The van der Waals surface area contributed by atoms with Crippen molar-refractivity contribution in [3.8, 4) is 0 Å². The summed E-state index contributed by atoms with van der Waals surface area (Å²) in [6.45, 7) is 5.42. The summed E-state index contributed by atoms with van der Waals surface area (Å²) in [6, 6.07) is 6.51. The number of nitrogens with zero attached hydrogens (tertiary/aromatic N) is 2. The van der Waals surface area contributed by atoms with Crippen molar-refractivity contribution in [1.82, 2.24) is 4.90 Å². The second-order valence-electron chi connectivity index (χ2n) is 4.15. The van der Waals surface area contributed by atoms with Crippen LogP contribution < -0.4 is 0 Å². The summed E-state index contributed by atoms with van der Waals surface area (Å²) in [5.74, 6) is 1.16. The number of benzene rings is 1. The minimum atomic E-state index is 1.04. The second-order valence-corrected chi connectivity index (χ2v) is 5.21. The van der Waals surface area contributed by atoms with Gasteiger partial charge in [-0.2, -0.15) is 0 Å². The van der Waals surface area contributed by atoms with E-state index >= 15 is 0 Å². The fourth-order valence-electron chi connectivity index (χ4n) is 1.81. The van der Waals surface area contributed by atoms with E-state index in [1.54, 1.807) is 0 Å². The second kappa shape index (κ2) is 4.91. The Hall–Kier alpha value is -0.960. The van der Waals surface area contributed by atoms with Gasteiger partial charge in [-0.3, -0.25) is 0 Å². The summed E-state index contributed by atoms with van der Waals surface area (Å²) >= 11 is 1.84. The monoisotopic (exact) mass is 234 g/mol. The molecule has 0 atom stereocenters. The zero-order valence-corrected chi connectivity index (χ0v) is 11.0. The van der Waals surface area contributed by atoms with Gasteiger partial charge in [0.15, 0.2) is 5.17 Å². The number of hydrogen-bond donors (Lipinski definition) is 0. The molecule has 2 nitrogen and oxygen atoms in total. The highest BCUT2D eigenvalue weighted by atomic mass is 32.2. The molecule has 1 aliphatic heterocycles. The first-order valence-corrected chi connectivity index (χ1v) is 6.71. The summed E-state index contributed by atoms with van der Waals surface area (Å²) in [5.41, 5.74) is 3.78.